The maximum Gasteiger partial charge on any atom is 0.406 e. The number of carbonyl (C=O) groups is 1. The maximum absolute atomic E-state index is 12.0. The zero-order chi connectivity index (χ0) is 16.3. The average Bonchev–Trinajstić information content (AvgIpc) is 2.83. The molecule has 1 heterocycles. The number of benzene rings is 1. The van der Waals surface area contributed by atoms with Crippen LogP contribution in [0.3, 0.4) is 0 Å². The van der Waals surface area contributed by atoms with E-state index in [0.29, 0.717) is 10.7 Å². The first-order chi connectivity index (χ1) is 10.4. The normalized spacial score (nSPS) is 10.3. The Morgan fingerprint density at radius 1 is 1.45 bits per heavy atom. The molecule has 2 rings (SSSR count). The van der Waals surface area contributed by atoms with Crippen LogP contribution in [0.15, 0.2) is 30.6 Å². The molecule has 1 aromatic heterocycles. The fraction of sp³-hybridized carbons (Fsp3) is 0.231. The molecule has 0 atom stereocenters. The molecule has 0 bridgehead atoms. The highest BCUT2D eigenvalue weighted by Crippen LogP contribution is 2.24. The van der Waals surface area contributed by atoms with Gasteiger partial charge in [0.05, 0.1) is 6.54 Å². The third kappa shape index (κ3) is 3.53. The van der Waals surface area contributed by atoms with Gasteiger partial charge in [-0.1, -0.05) is 11.6 Å². The molecular formula is C13H14ClN5O3. The summed E-state index contributed by atoms with van der Waals surface area (Å²) in [5.74, 6) is -0.333. The van der Waals surface area contributed by atoms with Crippen molar-refractivity contribution < 1.29 is 9.72 Å². The van der Waals surface area contributed by atoms with Crippen LogP contribution in [-0.2, 0) is 11.8 Å². The second-order valence-corrected chi connectivity index (χ2v) is 5.11. The lowest BCUT2D eigenvalue weighted by molar-refractivity contribution is -0.388. The van der Waals surface area contributed by atoms with Gasteiger partial charge in [0.15, 0.2) is 0 Å². The van der Waals surface area contributed by atoms with Gasteiger partial charge in [-0.3, -0.25) is 9.36 Å². The third-order valence-electron chi connectivity index (χ3n) is 2.93. The van der Waals surface area contributed by atoms with E-state index in [1.54, 1.807) is 38.4 Å². The van der Waals surface area contributed by atoms with Gasteiger partial charge < -0.3 is 20.3 Å². The highest BCUT2D eigenvalue weighted by atomic mass is 35.5. The van der Waals surface area contributed by atoms with Crippen LogP contribution in [0.5, 0.6) is 0 Å². The number of likely N-dealkylation sites (N-methyl/N-ethyl adjacent to an activating group) is 1. The van der Waals surface area contributed by atoms with E-state index < -0.39 is 4.92 Å². The van der Waals surface area contributed by atoms with Crippen molar-refractivity contribution in [2.24, 2.45) is 7.05 Å². The molecule has 22 heavy (non-hydrogen) atoms. The predicted octanol–water partition coefficient (Wildman–Crippen LogP) is 2.06. The molecule has 1 aromatic carbocycles. The Hall–Kier alpha value is -2.61. The van der Waals surface area contributed by atoms with Gasteiger partial charge in [-0.15, -0.1) is 0 Å². The number of halogens is 1. The zero-order valence-corrected chi connectivity index (χ0v) is 12.7. The first-order valence-corrected chi connectivity index (χ1v) is 6.68. The minimum absolute atomic E-state index is 0.0526. The summed E-state index contributed by atoms with van der Waals surface area (Å²) in [6.45, 7) is -0.0526. The van der Waals surface area contributed by atoms with Gasteiger partial charge in [0.2, 0.25) is 18.1 Å². The maximum atomic E-state index is 12.0. The second-order valence-electron chi connectivity index (χ2n) is 4.67. The first kappa shape index (κ1) is 15.8. The lowest BCUT2D eigenvalue weighted by Gasteiger charge is -2.17. The lowest BCUT2D eigenvalue weighted by atomic mass is 10.3. The average molecular weight is 324 g/mol. The van der Waals surface area contributed by atoms with Crippen molar-refractivity contribution >= 4 is 34.8 Å². The Kier molecular flexibility index (Phi) is 4.62. The molecule has 0 saturated carbocycles. The van der Waals surface area contributed by atoms with E-state index in [9.17, 15) is 14.9 Å². The van der Waals surface area contributed by atoms with Gasteiger partial charge in [0.1, 0.15) is 0 Å². The van der Waals surface area contributed by atoms with E-state index in [0.717, 1.165) is 0 Å². The topological polar surface area (TPSA) is 93.3 Å². The van der Waals surface area contributed by atoms with Crippen LogP contribution < -0.4 is 10.2 Å². The van der Waals surface area contributed by atoms with Crippen molar-refractivity contribution in [3.63, 3.8) is 0 Å². The molecule has 0 fully saturated rings. The summed E-state index contributed by atoms with van der Waals surface area (Å²) in [4.78, 5) is 27.5. The number of carbonyl (C=O) groups excluding carboxylic acids is 1. The molecule has 2 aromatic rings. The van der Waals surface area contributed by atoms with Gasteiger partial charge in [0.25, 0.3) is 0 Å². The lowest BCUT2D eigenvalue weighted by Crippen LogP contribution is -2.31. The molecule has 0 unspecified atom stereocenters. The fourth-order valence-electron chi connectivity index (χ4n) is 2.00. The molecule has 1 amide bonds. The molecular weight excluding hydrogens is 310 g/mol. The van der Waals surface area contributed by atoms with Gasteiger partial charge in [-0.05, 0) is 34.2 Å². The van der Waals surface area contributed by atoms with Crippen molar-refractivity contribution in [3.05, 3.63) is 45.7 Å². The molecule has 0 aliphatic rings. The number of amides is 1. The molecule has 0 aliphatic heterocycles. The number of nitrogens with zero attached hydrogens (tertiary/aromatic N) is 4. The number of hydrogen-bond acceptors (Lipinski definition) is 5. The highest BCUT2D eigenvalue weighted by molar-refractivity contribution is 6.30. The Morgan fingerprint density at radius 3 is 2.68 bits per heavy atom. The van der Waals surface area contributed by atoms with E-state index in [1.165, 1.54) is 15.8 Å². The van der Waals surface area contributed by atoms with Gasteiger partial charge in [-0.2, -0.15) is 0 Å². The SMILES string of the molecule is CN(CC(=O)Nc1ccc(Cl)cc1)c1c([N+](=O)[O-])ncn1C. The van der Waals surface area contributed by atoms with E-state index in [2.05, 4.69) is 10.3 Å². The first-order valence-electron chi connectivity index (χ1n) is 6.30. The fourth-order valence-corrected chi connectivity index (χ4v) is 2.13. The number of nitrogens with one attached hydrogen (secondary N) is 1. The highest BCUT2D eigenvalue weighted by Gasteiger charge is 2.24. The number of aryl methyl sites for hydroxylation is 1. The van der Waals surface area contributed by atoms with Gasteiger partial charge >= 0.3 is 5.82 Å². The van der Waals surface area contributed by atoms with Gasteiger partial charge in [0, 0.05) is 24.8 Å². The Morgan fingerprint density at radius 2 is 2.09 bits per heavy atom. The summed E-state index contributed by atoms with van der Waals surface area (Å²) < 4.78 is 1.49. The van der Waals surface area contributed by atoms with Crippen LogP contribution in [0.25, 0.3) is 0 Å². The molecule has 0 saturated heterocycles. The van der Waals surface area contributed by atoms with Crippen LogP contribution >= 0.6 is 11.6 Å². The molecule has 8 nitrogen and oxygen atoms in total. The number of anilines is 2. The Bertz CT molecular complexity index is 698. The molecule has 1 N–H and O–H groups in total. The van der Waals surface area contributed by atoms with E-state index in [1.807, 2.05) is 0 Å². The quantitative estimate of drug-likeness (QED) is 0.671. The number of aromatic nitrogens is 2. The number of nitro groups is 1. The molecule has 0 spiro atoms. The van der Waals surface area contributed by atoms with Gasteiger partial charge in [-0.25, -0.2) is 0 Å². The summed E-state index contributed by atoms with van der Waals surface area (Å²) in [6, 6.07) is 6.67. The monoisotopic (exact) mass is 323 g/mol. The minimum Gasteiger partial charge on any atom is -0.358 e. The summed E-state index contributed by atoms with van der Waals surface area (Å²) >= 11 is 5.77. The van der Waals surface area contributed by atoms with E-state index >= 15 is 0 Å². The molecule has 116 valence electrons. The summed E-state index contributed by atoms with van der Waals surface area (Å²) in [5.41, 5.74) is 0.599. The summed E-state index contributed by atoms with van der Waals surface area (Å²) in [6.07, 6.45) is 1.33. The molecule has 0 radical (unpaired) electrons. The Balaban J connectivity index is 2.07. The van der Waals surface area contributed by atoms with E-state index in [-0.39, 0.29) is 24.1 Å². The minimum atomic E-state index is -0.580. The van der Waals surface area contributed by atoms with Crippen LogP contribution in [0.1, 0.15) is 0 Å². The van der Waals surface area contributed by atoms with Crippen molar-refractivity contribution in [2.45, 2.75) is 0 Å². The standard InChI is InChI=1S/C13H14ClN5O3/c1-17(13-12(19(21)22)15-8-18(13)2)7-11(20)16-10-5-3-9(14)4-6-10/h3-6,8H,7H2,1-2H3,(H,16,20). The summed E-state index contributed by atoms with van der Waals surface area (Å²) in [5, 5.41) is 14.2. The van der Waals surface area contributed by atoms with Crippen LogP contribution in [0, 0.1) is 10.1 Å². The van der Waals surface area contributed by atoms with Crippen molar-refractivity contribution in [1.29, 1.82) is 0 Å². The van der Waals surface area contributed by atoms with Crippen molar-refractivity contribution in [3.8, 4) is 0 Å². The van der Waals surface area contributed by atoms with Crippen molar-refractivity contribution in [1.82, 2.24) is 9.55 Å². The van der Waals surface area contributed by atoms with Crippen LogP contribution in [0.4, 0.5) is 17.3 Å². The predicted molar refractivity (Wildman–Crippen MR) is 83.2 cm³/mol. The van der Waals surface area contributed by atoms with Crippen LogP contribution in [0.2, 0.25) is 5.02 Å². The van der Waals surface area contributed by atoms with E-state index in [4.69, 9.17) is 11.6 Å². The largest absolute Gasteiger partial charge is 0.406 e. The third-order valence-corrected chi connectivity index (χ3v) is 3.18. The number of imidazole rings is 1. The molecule has 9 heteroatoms. The zero-order valence-electron chi connectivity index (χ0n) is 12.0. The van der Waals surface area contributed by atoms with Crippen LogP contribution in [-0.4, -0.2) is 34.0 Å². The molecule has 0 aliphatic carbocycles. The van der Waals surface area contributed by atoms with Crippen molar-refractivity contribution in [2.75, 3.05) is 23.8 Å². The number of rotatable bonds is 5. The smallest absolute Gasteiger partial charge is 0.358 e. The second kappa shape index (κ2) is 6.44. The summed E-state index contributed by atoms with van der Waals surface area (Å²) in [7, 11) is 3.22. The Labute approximate surface area is 131 Å². The number of hydrogen-bond donors (Lipinski definition) is 1.